The first-order valence-electron chi connectivity index (χ1n) is 5.32. The molecule has 0 fully saturated rings. The van der Waals surface area contributed by atoms with E-state index in [-0.39, 0.29) is 0 Å². The maximum Gasteiger partial charge on any atom is 0.343 e. The number of para-hydroxylation sites is 1. The Bertz CT molecular complexity index is 552. The predicted octanol–water partition coefficient (Wildman–Crippen LogP) is 3.98. The Morgan fingerprint density at radius 1 is 1.11 bits per heavy atom. The lowest BCUT2D eigenvalue weighted by molar-refractivity contribution is 0.0733. The Morgan fingerprint density at radius 2 is 1.78 bits per heavy atom. The quantitative estimate of drug-likeness (QED) is 0.473. The first-order chi connectivity index (χ1) is 8.70. The van der Waals surface area contributed by atoms with Gasteiger partial charge in [0.15, 0.2) is 0 Å². The van der Waals surface area contributed by atoms with Gasteiger partial charge < -0.3 is 4.74 Å². The third-order valence-corrected chi connectivity index (χ3v) is 3.27. The molecule has 0 radical (unpaired) electrons. The van der Waals surface area contributed by atoms with Crippen LogP contribution in [0.25, 0.3) is 0 Å². The van der Waals surface area contributed by atoms with Crippen LogP contribution in [0.4, 0.5) is 4.39 Å². The van der Waals surface area contributed by atoms with Crippen LogP contribution in [0.5, 0.6) is 5.75 Å². The SMILES string of the molecule is O=C(Oc1ccccc1I)c1ccc(CF)cc1. The summed E-state index contributed by atoms with van der Waals surface area (Å²) in [7, 11) is 0. The van der Waals surface area contributed by atoms with Crippen molar-refractivity contribution in [2.75, 3.05) is 0 Å². The Hall–Kier alpha value is -1.43. The van der Waals surface area contributed by atoms with Gasteiger partial charge in [0.1, 0.15) is 12.4 Å². The maximum absolute atomic E-state index is 12.3. The standard InChI is InChI=1S/C14H10FIO2/c15-9-10-5-7-11(8-6-10)14(17)18-13-4-2-1-3-12(13)16/h1-8H,9H2. The number of rotatable bonds is 3. The van der Waals surface area contributed by atoms with Crippen LogP contribution in [0.1, 0.15) is 15.9 Å². The molecule has 0 aromatic heterocycles. The number of alkyl halides is 1. The molecule has 0 spiro atoms. The fraction of sp³-hybridized carbons (Fsp3) is 0.0714. The van der Waals surface area contributed by atoms with E-state index in [9.17, 15) is 9.18 Å². The summed E-state index contributed by atoms with van der Waals surface area (Å²) in [5, 5.41) is 0. The topological polar surface area (TPSA) is 26.3 Å². The molecule has 0 N–H and O–H groups in total. The smallest absolute Gasteiger partial charge is 0.343 e. The summed E-state index contributed by atoms with van der Waals surface area (Å²) < 4.78 is 18.5. The molecule has 0 bridgehead atoms. The molecule has 2 rings (SSSR count). The zero-order valence-electron chi connectivity index (χ0n) is 9.40. The van der Waals surface area contributed by atoms with Crippen LogP contribution in [0.15, 0.2) is 48.5 Å². The number of ether oxygens (including phenoxy) is 1. The molecule has 18 heavy (non-hydrogen) atoms. The van der Waals surface area contributed by atoms with Crippen LogP contribution in [0, 0.1) is 3.57 Å². The van der Waals surface area contributed by atoms with Gasteiger partial charge in [0.25, 0.3) is 0 Å². The summed E-state index contributed by atoms with van der Waals surface area (Å²) in [4.78, 5) is 11.8. The zero-order chi connectivity index (χ0) is 13.0. The number of carbonyl (C=O) groups excluding carboxylic acids is 1. The first kappa shape index (κ1) is 13.0. The monoisotopic (exact) mass is 356 g/mol. The van der Waals surface area contributed by atoms with E-state index in [1.165, 1.54) is 0 Å². The molecule has 0 unspecified atom stereocenters. The molecule has 0 atom stereocenters. The van der Waals surface area contributed by atoms with E-state index < -0.39 is 12.6 Å². The van der Waals surface area contributed by atoms with E-state index in [4.69, 9.17) is 4.74 Å². The van der Waals surface area contributed by atoms with Gasteiger partial charge in [0, 0.05) is 0 Å². The second-order valence-electron chi connectivity index (χ2n) is 3.65. The third kappa shape index (κ3) is 3.07. The molecule has 0 saturated heterocycles. The van der Waals surface area contributed by atoms with Crippen molar-refractivity contribution in [3.05, 3.63) is 63.2 Å². The van der Waals surface area contributed by atoms with E-state index >= 15 is 0 Å². The van der Waals surface area contributed by atoms with Crippen molar-refractivity contribution < 1.29 is 13.9 Å². The van der Waals surface area contributed by atoms with E-state index in [1.54, 1.807) is 36.4 Å². The van der Waals surface area contributed by atoms with Crippen molar-refractivity contribution >= 4 is 28.6 Å². The van der Waals surface area contributed by atoms with Crippen LogP contribution in [0.2, 0.25) is 0 Å². The molecule has 2 nitrogen and oxygen atoms in total. The van der Waals surface area contributed by atoms with Gasteiger partial charge in [-0.2, -0.15) is 0 Å². The van der Waals surface area contributed by atoms with Crippen molar-refractivity contribution in [1.82, 2.24) is 0 Å². The van der Waals surface area contributed by atoms with Crippen LogP contribution in [0.3, 0.4) is 0 Å². The average Bonchev–Trinajstić information content (AvgIpc) is 2.41. The lowest BCUT2D eigenvalue weighted by atomic mass is 10.1. The van der Waals surface area contributed by atoms with Gasteiger partial charge in [-0.1, -0.05) is 24.3 Å². The van der Waals surface area contributed by atoms with Crippen molar-refractivity contribution in [1.29, 1.82) is 0 Å². The van der Waals surface area contributed by atoms with Crippen molar-refractivity contribution in [2.45, 2.75) is 6.67 Å². The zero-order valence-corrected chi connectivity index (χ0v) is 11.6. The van der Waals surface area contributed by atoms with E-state index in [0.29, 0.717) is 16.9 Å². The summed E-state index contributed by atoms with van der Waals surface area (Å²) >= 11 is 2.10. The van der Waals surface area contributed by atoms with Crippen molar-refractivity contribution in [2.24, 2.45) is 0 Å². The Balaban J connectivity index is 2.14. The summed E-state index contributed by atoms with van der Waals surface area (Å²) in [5.74, 6) is 0.0854. The first-order valence-corrected chi connectivity index (χ1v) is 6.40. The van der Waals surface area contributed by atoms with Gasteiger partial charge in [-0.05, 0) is 52.4 Å². The second kappa shape index (κ2) is 5.95. The van der Waals surface area contributed by atoms with E-state index in [1.807, 2.05) is 12.1 Å². The molecular formula is C14H10FIO2. The molecule has 0 aliphatic carbocycles. The van der Waals surface area contributed by atoms with Gasteiger partial charge >= 0.3 is 5.97 Å². The fourth-order valence-corrected chi connectivity index (χ4v) is 1.91. The average molecular weight is 356 g/mol. The summed E-state index contributed by atoms with van der Waals surface area (Å²) in [6.45, 7) is -0.536. The second-order valence-corrected chi connectivity index (χ2v) is 4.81. The van der Waals surface area contributed by atoms with Crippen molar-refractivity contribution in [3.63, 3.8) is 0 Å². The summed E-state index contributed by atoms with van der Waals surface area (Å²) in [5.41, 5.74) is 0.952. The van der Waals surface area contributed by atoms with Gasteiger partial charge in [0.05, 0.1) is 9.13 Å². The van der Waals surface area contributed by atoms with E-state index in [2.05, 4.69) is 22.6 Å². The molecule has 0 aliphatic rings. The van der Waals surface area contributed by atoms with Crippen LogP contribution >= 0.6 is 22.6 Å². The number of carbonyl (C=O) groups is 1. The van der Waals surface area contributed by atoms with Gasteiger partial charge in [0.2, 0.25) is 0 Å². The summed E-state index contributed by atoms with van der Waals surface area (Å²) in [6, 6.07) is 13.5. The number of hydrogen-bond donors (Lipinski definition) is 0. The minimum Gasteiger partial charge on any atom is -0.422 e. The highest BCUT2D eigenvalue weighted by Crippen LogP contribution is 2.21. The van der Waals surface area contributed by atoms with Crippen LogP contribution < -0.4 is 4.74 Å². The Kier molecular flexibility index (Phi) is 4.30. The highest BCUT2D eigenvalue weighted by Gasteiger charge is 2.10. The predicted molar refractivity (Wildman–Crippen MR) is 75.4 cm³/mol. The number of esters is 1. The van der Waals surface area contributed by atoms with Crippen LogP contribution in [-0.4, -0.2) is 5.97 Å². The molecule has 0 saturated carbocycles. The molecular weight excluding hydrogens is 346 g/mol. The number of benzene rings is 2. The highest BCUT2D eigenvalue weighted by molar-refractivity contribution is 14.1. The maximum atomic E-state index is 12.3. The van der Waals surface area contributed by atoms with E-state index in [0.717, 1.165) is 3.57 Å². The van der Waals surface area contributed by atoms with Gasteiger partial charge in [-0.15, -0.1) is 0 Å². The van der Waals surface area contributed by atoms with Crippen LogP contribution in [-0.2, 0) is 6.67 Å². The molecule has 2 aromatic carbocycles. The molecule has 92 valence electrons. The lowest BCUT2D eigenvalue weighted by Crippen LogP contribution is -2.09. The largest absolute Gasteiger partial charge is 0.422 e. The summed E-state index contributed by atoms with van der Waals surface area (Å²) in [6.07, 6.45) is 0. The highest BCUT2D eigenvalue weighted by atomic mass is 127. The Morgan fingerprint density at radius 3 is 2.39 bits per heavy atom. The minimum absolute atomic E-state index is 0.409. The third-order valence-electron chi connectivity index (χ3n) is 2.38. The van der Waals surface area contributed by atoms with Crippen molar-refractivity contribution in [3.8, 4) is 5.75 Å². The minimum atomic E-state index is -0.536. The molecule has 0 heterocycles. The van der Waals surface area contributed by atoms with Gasteiger partial charge in [-0.25, -0.2) is 9.18 Å². The molecule has 4 heteroatoms. The number of halogens is 2. The lowest BCUT2D eigenvalue weighted by Gasteiger charge is -2.06. The molecule has 0 amide bonds. The normalized spacial score (nSPS) is 10.1. The molecule has 0 aliphatic heterocycles. The fourth-order valence-electron chi connectivity index (χ4n) is 1.42. The number of hydrogen-bond acceptors (Lipinski definition) is 2. The van der Waals surface area contributed by atoms with Gasteiger partial charge in [-0.3, -0.25) is 0 Å². The Labute approximate surface area is 118 Å². The molecule has 2 aromatic rings.